The number of halogens is 1. The van der Waals surface area contributed by atoms with Crippen LogP contribution < -0.4 is 14.8 Å². The van der Waals surface area contributed by atoms with Crippen LogP contribution in [0.15, 0.2) is 48.5 Å². The van der Waals surface area contributed by atoms with E-state index in [9.17, 15) is 0 Å². The molecule has 2 aromatic rings. The fourth-order valence-corrected chi connectivity index (χ4v) is 1.85. The lowest BCUT2D eigenvalue weighted by molar-refractivity contribution is 0.413. The van der Waals surface area contributed by atoms with E-state index in [1.807, 2.05) is 48.5 Å². The van der Waals surface area contributed by atoms with Gasteiger partial charge in [0.2, 0.25) is 0 Å². The van der Waals surface area contributed by atoms with Gasteiger partial charge in [0, 0.05) is 18.1 Å². The molecule has 0 fully saturated rings. The van der Waals surface area contributed by atoms with E-state index in [4.69, 9.17) is 21.1 Å². The minimum absolute atomic E-state index is 0.672. The molecule has 0 atom stereocenters. The van der Waals surface area contributed by atoms with Gasteiger partial charge in [0.25, 0.3) is 0 Å². The van der Waals surface area contributed by atoms with E-state index in [1.165, 1.54) is 0 Å². The third kappa shape index (κ3) is 4.35. The molecular formula is C16H18ClNO2. The molecule has 0 spiro atoms. The molecule has 0 bridgehead atoms. The molecule has 0 heterocycles. The minimum atomic E-state index is 0.672. The first-order chi connectivity index (χ1) is 9.81. The lowest BCUT2D eigenvalue weighted by atomic mass is 10.3. The average molecular weight is 292 g/mol. The van der Waals surface area contributed by atoms with E-state index in [0.717, 1.165) is 35.9 Å². The van der Waals surface area contributed by atoms with Crippen LogP contribution in [-0.4, -0.2) is 19.5 Å². The van der Waals surface area contributed by atoms with Crippen LogP contribution in [0.2, 0.25) is 0 Å². The van der Waals surface area contributed by atoms with Crippen molar-refractivity contribution < 1.29 is 9.47 Å². The third-order valence-corrected chi connectivity index (χ3v) is 3.06. The molecule has 0 aromatic heterocycles. The van der Waals surface area contributed by atoms with Crippen molar-refractivity contribution in [1.82, 2.24) is 0 Å². The summed E-state index contributed by atoms with van der Waals surface area (Å²) in [7, 11) is 1.64. The Bertz CT molecular complexity index is 511. The van der Waals surface area contributed by atoms with Crippen LogP contribution >= 0.6 is 11.6 Å². The lowest BCUT2D eigenvalue weighted by Crippen LogP contribution is -2.01. The van der Waals surface area contributed by atoms with Gasteiger partial charge in [-0.1, -0.05) is 0 Å². The molecule has 0 radical (unpaired) electrons. The largest absolute Gasteiger partial charge is 0.497 e. The molecule has 106 valence electrons. The SMILES string of the molecule is COc1ccc(Oc2ccc(NCCCCl)cc2)cc1. The topological polar surface area (TPSA) is 30.5 Å². The summed E-state index contributed by atoms with van der Waals surface area (Å²) in [5.41, 5.74) is 1.07. The molecule has 0 aliphatic rings. The summed E-state index contributed by atoms with van der Waals surface area (Å²) >= 11 is 5.64. The fourth-order valence-electron chi connectivity index (χ4n) is 1.72. The van der Waals surface area contributed by atoms with Crippen LogP contribution in [0.25, 0.3) is 0 Å². The molecule has 2 rings (SSSR count). The predicted molar refractivity (Wildman–Crippen MR) is 83.3 cm³/mol. The smallest absolute Gasteiger partial charge is 0.127 e. The van der Waals surface area contributed by atoms with Gasteiger partial charge in [0.05, 0.1) is 7.11 Å². The van der Waals surface area contributed by atoms with Gasteiger partial charge in [0.1, 0.15) is 17.2 Å². The Morgan fingerprint density at radius 1 is 0.900 bits per heavy atom. The minimum Gasteiger partial charge on any atom is -0.497 e. The molecule has 0 amide bonds. The lowest BCUT2D eigenvalue weighted by Gasteiger charge is -2.08. The number of rotatable bonds is 7. The standard InChI is InChI=1S/C16H18ClNO2/c1-19-14-7-9-16(10-8-14)20-15-5-3-13(4-6-15)18-12-2-11-17/h3-10,18H,2,11-12H2,1H3. The van der Waals surface area contributed by atoms with Crippen LogP contribution in [0.4, 0.5) is 5.69 Å². The third-order valence-electron chi connectivity index (χ3n) is 2.79. The van der Waals surface area contributed by atoms with E-state index in [-0.39, 0.29) is 0 Å². The number of benzene rings is 2. The summed E-state index contributed by atoms with van der Waals surface area (Å²) in [6, 6.07) is 15.4. The maximum atomic E-state index is 5.75. The number of hydrogen-bond donors (Lipinski definition) is 1. The molecular weight excluding hydrogens is 274 g/mol. The van der Waals surface area contributed by atoms with Crippen molar-refractivity contribution in [3.05, 3.63) is 48.5 Å². The van der Waals surface area contributed by atoms with Crippen molar-refractivity contribution in [2.45, 2.75) is 6.42 Å². The fraction of sp³-hybridized carbons (Fsp3) is 0.250. The number of nitrogens with one attached hydrogen (secondary N) is 1. The highest BCUT2D eigenvalue weighted by molar-refractivity contribution is 6.17. The molecule has 0 unspecified atom stereocenters. The van der Waals surface area contributed by atoms with E-state index in [1.54, 1.807) is 7.11 Å². The van der Waals surface area contributed by atoms with Gasteiger partial charge in [0.15, 0.2) is 0 Å². The molecule has 4 heteroatoms. The van der Waals surface area contributed by atoms with Gasteiger partial charge in [-0.3, -0.25) is 0 Å². The first kappa shape index (κ1) is 14.5. The maximum absolute atomic E-state index is 5.75. The van der Waals surface area contributed by atoms with E-state index in [0.29, 0.717) is 5.88 Å². The molecule has 0 aliphatic carbocycles. The van der Waals surface area contributed by atoms with Crippen LogP contribution in [0.1, 0.15) is 6.42 Å². The van der Waals surface area contributed by atoms with Gasteiger partial charge in [-0.2, -0.15) is 0 Å². The van der Waals surface area contributed by atoms with Crippen molar-refractivity contribution in [3.8, 4) is 17.2 Å². The monoisotopic (exact) mass is 291 g/mol. The maximum Gasteiger partial charge on any atom is 0.127 e. The van der Waals surface area contributed by atoms with Gasteiger partial charge < -0.3 is 14.8 Å². The first-order valence-corrected chi connectivity index (χ1v) is 7.07. The van der Waals surface area contributed by atoms with Gasteiger partial charge >= 0.3 is 0 Å². The average Bonchev–Trinajstić information content (AvgIpc) is 2.50. The highest BCUT2D eigenvalue weighted by Crippen LogP contribution is 2.24. The predicted octanol–water partition coefficient (Wildman–Crippen LogP) is 4.53. The summed E-state index contributed by atoms with van der Waals surface area (Å²) in [5, 5.41) is 3.30. The van der Waals surface area contributed by atoms with Gasteiger partial charge in [-0.05, 0) is 55.0 Å². The highest BCUT2D eigenvalue weighted by atomic mass is 35.5. The highest BCUT2D eigenvalue weighted by Gasteiger charge is 1.99. The Morgan fingerprint density at radius 2 is 1.45 bits per heavy atom. The zero-order chi connectivity index (χ0) is 14.2. The molecule has 2 aromatic carbocycles. The molecule has 3 nitrogen and oxygen atoms in total. The zero-order valence-electron chi connectivity index (χ0n) is 11.4. The Balaban J connectivity index is 1.92. The molecule has 20 heavy (non-hydrogen) atoms. The van der Waals surface area contributed by atoms with Crippen LogP contribution in [0.5, 0.6) is 17.2 Å². The number of alkyl halides is 1. The number of methoxy groups -OCH3 is 1. The summed E-state index contributed by atoms with van der Waals surface area (Å²) < 4.78 is 10.9. The van der Waals surface area contributed by atoms with Crippen molar-refractivity contribution >= 4 is 17.3 Å². The summed E-state index contributed by atoms with van der Waals surface area (Å²) in [6.07, 6.45) is 0.950. The molecule has 0 saturated carbocycles. The van der Waals surface area contributed by atoms with Crippen molar-refractivity contribution in [2.75, 3.05) is 24.9 Å². The summed E-state index contributed by atoms with van der Waals surface area (Å²) in [5.74, 6) is 3.08. The number of hydrogen-bond acceptors (Lipinski definition) is 3. The van der Waals surface area contributed by atoms with Crippen molar-refractivity contribution in [1.29, 1.82) is 0 Å². The van der Waals surface area contributed by atoms with Gasteiger partial charge in [-0.25, -0.2) is 0 Å². The Kier molecular flexibility index (Phi) is 5.56. The quantitative estimate of drug-likeness (QED) is 0.600. The Morgan fingerprint density at radius 3 is 2.00 bits per heavy atom. The first-order valence-electron chi connectivity index (χ1n) is 6.53. The normalized spacial score (nSPS) is 10.1. The van der Waals surface area contributed by atoms with Crippen molar-refractivity contribution in [3.63, 3.8) is 0 Å². The zero-order valence-corrected chi connectivity index (χ0v) is 12.2. The van der Waals surface area contributed by atoms with Gasteiger partial charge in [-0.15, -0.1) is 11.6 Å². The second kappa shape index (κ2) is 7.65. The number of ether oxygens (including phenoxy) is 2. The molecule has 0 saturated heterocycles. The Hall–Kier alpha value is -1.87. The van der Waals surface area contributed by atoms with Crippen LogP contribution in [-0.2, 0) is 0 Å². The summed E-state index contributed by atoms with van der Waals surface area (Å²) in [4.78, 5) is 0. The van der Waals surface area contributed by atoms with Crippen LogP contribution in [0, 0.1) is 0 Å². The van der Waals surface area contributed by atoms with Crippen LogP contribution in [0.3, 0.4) is 0 Å². The molecule has 1 N–H and O–H groups in total. The Labute approximate surface area is 124 Å². The van der Waals surface area contributed by atoms with E-state index in [2.05, 4.69) is 5.32 Å². The van der Waals surface area contributed by atoms with Crippen molar-refractivity contribution in [2.24, 2.45) is 0 Å². The molecule has 0 aliphatic heterocycles. The second-order valence-electron chi connectivity index (χ2n) is 4.27. The number of anilines is 1. The van der Waals surface area contributed by atoms with E-state index >= 15 is 0 Å². The van der Waals surface area contributed by atoms with E-state index < -0.39 is 0 Å². The summed E-state index contributed by atoms with van der Waals surface area (Å²) in [6.45, 7) is 0.877. The second-order valence-corrected chi connectivity index (χ2v) is 4.65.